The molecule has 1 aromatic carbocycles. The number of rotatable bonds is 3. The Kier molecular flexibility index (Phi) is 3.65. The summed E-state index contributed by atoms with van der Waals surface area (Å²) in [5.74, 6) is -1.03. The zero-order valence-corrected chi connectivity index (χ0v) is 11.9. The first-order chi connectivity index (χ1) is 8.77. The van der Waals surface area contributed by atoms with Crippen molar-refractivity contribution in [3.05, 3.63) is 21.7 Å². The average molecular weight is 326 g/mol. The molecule has 0 saturated carbocycles. The molecule has 6 nitrogen and oxygen atoms in total. The SMILES string of the molecule is CNS(=O)(=O)c1cc2c(c(Cl)c1Cl)O[C@@H](C(=O)O)C2. The van der Waals surface area contributed by atoms with Crippen LogP contribution in [0.4, 0.5) is 0 Å². The van der Waals surface area contributed by atoms with E-state index in [1.54, 1.807) is 0 Å². The molecule has 0 amide bonds. The fourth-order valence-corrected chi connectivity index (χ4v) is 3.37. The highest BCUT2D eigenvalue weighted by atomic mass is 35.5. The van der Waals surface area contributed by atoms with Crippen LogP contribution in [0.15, 0.2) is 11.0 Å². The number of nitrogens with one attached hydrogen (secondary N) is 1. The van der Waals surface area contributed by atoms with Gasteiger partial charge < -0.3 is 9.84 Å². The minimum Gasteiger partial charge on any atom is -0.478 e. The van der Waals surface area contributed by atoms with E-state index in [2.05, 4.69) is 4.72 Å². The van der Waals surface area contributed by atoms with Gasteiger partial charge >= 0.3 is 5.97 Å². The summed E-state index contributed by atoms with van der Waals surface area (Å²) in [6.07, 6.45) is -1.05. The lowest BCUT2D eigenvalue weighted by molar-refractivity contribution is -0.144. The Balaban J connectivity index is 2.59. The Hall–Kier alpha value is -1.02. The molecule has 0 bridgehead atoms. The number of hydrogen-bond acceptors (Lipinski definition) is 4. The van der Waals surface area contributed by atoms with E-state index in [4.69, 9.17) is 33.0 Å². The van der Waals surface area contributed by atoms with Crippen LogP contribution >= 0.6 is 23.2 Å². The first kappa shape index (κ1) is 14.4. The molecule has 0 fully saturated rings. The zero-order valence-electron chi connectivity index (χ0n) is 9.61. The standard InChI is InChI=1S/C10H9Cl2NO5S/c1-13-19(16,17)6-3-4-2-5(10(14)15)18-9(4)8(12)7(6)11/h3,5,13H,2H2,1H3,(H,14,15)/t5-/m1/s1. The number of fused-ring (bicyclic) bond motifs is 1. The molecule has 1 heterocycles. The van der Waals surface area contributed by atoms with Gasteiger partial charge in [0.1, 0.15) is 15.7 Å². The third-order valence-electron chi connectivity index (χ3n) is 2.70. The molecular formula is C10H9Cl2NO5S. The van der Waals surface area contributed by atoms with Crippen LogP contribution in [0.3, 0.4) is 0 Å². The number of sulfonamides is 1. The number of carboxylic acid groups (broad SMARTS) is 1. The third-order valence-corrected chi connectivity index (χ3v) is 5.10. The van der Waals surface area contributed by atoms with Gasteiger partial charge in [-0.1, -0.05) is 23.2 Å². The fourth-order valence-electron chi connectivity index (χ4n) is 1.74. The number of benzene rings is 1. The van der Waals surface area contributed by atoms with E-state index >= 15 is 0 Å². The number of aliphatic carboxylic acids is 1. The molecule has 0 spiro atoms. The number of halogens is 2. The van der Waals surface area contributed by atoms with Gasteiger partial charge in [-0.25, -0.2) is 17.9 Å². The van der Waals surface area contributed by atoms with Gasteiger partial charge in [0.15, 0.2) is 6.10 Å². The zero-order chi connectivity index (χ0) is 14.4. The van der Waals surface area contributed by atoms with E-state index in [1.165, 1.54) is 13.1 Å². The van der Waals surface area contributed by atoms with E-state index in [0.717, 1.165) is 0 Å². The highest BCUT2D eigenvalue weighted by Gasteiger charge is 2.34. The van der Waals surface area contributed by atoms with Crippen LogP contribution in [0.5, 0.6) is 5.75 Å². The van der Waals surface area contributed by atoms with Crippen LogP contribution in [0.25, 0.3) is 0 Å². The maximum atomic E-state index is 11.8. The average Bonchev–Trinajstić information content (AvgIpc) is 2.78. The highest BCUT2D eigenvalue weighted by molar-refractivity contribution is 7.89. The van der Waals surface area contributed by atoms with E-state index < -0.39 is 22.1 Å². The van der Waals surface area contributed by atoms with E-state index in [0.29, 0.717) is 5.56 Å². The van der Waals surface area contributed by atoms with E-state index in [9.17, 15) is 13.2 Å². The lowest BCUT2D eigenvalue weighted by Crippen LogP contribution is -2.24. The van der Waals surface area contributed by atoms with Crippen LogP contribution in [0, 0.1) is 0 Å². The predicted octanol–water partition coefficient (Wildman–Crippen LogP) is 1.29. The quantitative estimate of drug-likeness (QED) is 0.873. The Morgan fingerprint density at radius 1 is 1.47 bits per heavy atom. The summed E-state index contributed by atoms with van der Waals surface area (Å²) in [5, 5.41) is 8.60. The van der Waals surface area contributed by atoms with Gasteiger partial charge in [-0.05, 0) is 13.1 Å². The van der Waals surface area contributed by atoms with Gasteiger partial charge in [-0.2, -0.15) is 0 Å². The van der Waals surface area contributed by atoms with Gasteiger partial charge in [0.05, 0.1) is 5.02 Å². The summed E-state index contributed by atoms with van der Waals surface area (Å²) < 4.78 is 30.8. The largest absolute Gasteiger partial charge is 0.478 e. The first-order valence-corrected chi connectivity index (χ1v) is 7.35. The van der Waals surface area contributed by atoms with Crippen LogP contribution in [0.1, 0.15) is 5.56 Å². The molecule has 1 aromatic rings. The lowest BCUT2D eigenvalue weighted by atomic mass is 10.1. The summed E-state index contributed by atoms with van der Waals surface area (Å²) >= 11 is 11.8. The number of ether oxygens (including phenoxy) is 1. The smallest absolute Gasteiger partial charge is 0.345 e. The number of carboxylic acids is 1. The molecule has 19 heavy (non-hydrogen) atoms. The summed E-state index contributed by atoms with van der Waals surface area (Å²) in [6, 6.07) is 1.28. The van der Waals surface area contributed by atoms with Crippen molar-refractivity contribution in [3.8, 4) is 5.75 Å². The molecule has 1 aliphatic heterocycles. The molecule has 1 atom stereocenters. The van der Waals surface area contributed by atoms with Gasteiger partial charge in [-0.15, -0.1) is 0 Å². The van der Waals surface area contributed by atoms with Crippen molar-refractivity contribution in [2.45, 2.75) is 17.4 Å². The Morgan fingerprint density at radius 2 is 2.11 bits per heavy atom. The minimum atomic E-state index is -3.78. The van der Waals surface area contributed by atoms with E-state index in [-0.39, 0.29) is 27.1 Å². The normalized spacial score (nSPS) is 17.9. The molecule has 104 valence electrons. The predicted molar refractivity (Wildman–Crippen MR) is 68.5 cm³/mol. The maximum Gasteiger partial charge on any atom is 0.345 e. The summed E-state index contributed by atoms with van der Waals surface area (Å²) in [6.45, 7) is 0. The minimum absolute atomic E-state index is 0.0355. The molecule has 9 heteroatoms. The van der Waals surface area contributed by atoms with Crippen molar-refractivity contribution in [2.24, 2.45) is 0 Å². The van der Waals surface area contributed by atoms with Crippen molar-refractivity contribution >= 4 is 39.2 Å². The van der Waals surface area contributed by atoms with Gasteiger partial charge in [0.2, 0.25) is 10.0 Å². The third kappa shape index (κ3) is 2.38. The van der Waals surface area contributed by atoms with Crippen LogP contribution in [-0.4, -0.2) is 32.6 Å². The highest BCUT2D eigenvalue weighted by Crippen LogP contribution is 2.43. The van der Waals surface area contributed by atoms with Crippen LogP contribution in [0.2, 0.25) is 10.0 Å². The van der Waals surface area contributed by atoms with Gasteiger partial charge in [0, 0.05) is 12.0 Å². The Bertz CT molecular complexity index is 658. The molecule has 0 unspecified atom stereocenters. The van der Waals surface area contributed by atoms with E-state index in [1.807, 2.05) is 0 Å². The Labute approximate surface area is 119 Å². The molecular weight excluding hydrogens is 317 g/mol. The van der Waals surface area contributed by atoms with Crippen LogP contribution in [-0.2, 0) is 21.2 Å². The molecule has 1 aliphatic rings. The monoisotopic (exact) mass is 325 g/mol. The topological polar surface area (TPSA) is 92.7 Å². The summed E-state index contributed by atoms with van der Waals surface area (Å²) in [5.41, 5.74) is 0.399. The van der Waals surface area contributed by atoms with Crippen molar-refractivity contribution in [1.82, 2.24) is 4.72 Å². The lowest BCUT2D eigenvalue weighted by Gasteiger charge is -2.10. The second-order valence-corrected chi connectivity index (χ2v) is 6.46. The van der Waals surface area contributed by atoms with Crippen molar-refractivity contribution in [1.29, 1.82) is 0 Å². The molecule has 0 aromatic heterocycles. The first-order valence-electron chi connectivity index (χ1n) is 5.11. The molecule has 0 aliphatic carbocycles. The molecule has 0 radical (unpaired) electrons. The van der Waals surface area contributed by atoms with Crippen molar-refractivity contribution in [3.63, 3.8) is 0 Å². The summed E-state index contributed by atoms with van der Waals surface area (Å²) in [7, 11) is -2.54. The summed E-state index contributed by atoms with van der Waals surface area (Å²) in [4.78, 5) is 10.7. The van der Waals surface area contributed by atoms with Crippen molar-refractivity contribution < 1.29 is 23.1 Å². The van der Waals surface area contributed by atoms with Gasteiger partial charge in [-0.3, -0.25) is 0 Å². The second kappa shape index (κ2) is 4.82. The number of hydrogen-bond donors (Lipinski definition) is 2. The van der Waals surface area contributed by atoms with Gasteiger partial charge in [0.25, 0.3) is 0 Å². The second-order valence-electron chi connectivity index (χ2n) is 3.85. The molecule has 2 rings (SSSR count). The van der Waals surface area contributed by atoms with Crippen LogP contribution < -0.4 is 9.46 Å². The van der Waals surface area contributed by atoms with Crippen molar-refractivity contribution in [2.75, 3.05) is 7.05 Å². The molecule has 2 N–H and O–H groups in total. The Morgan fingerprint density at radius 3 is 2.63 bits per heavy atom. The number of carbonyl (C=O) groups is 1. The molecule has 0 saturated heterocycles. The maximum absolute atomic E-state index is 11.8. The fraction of sp³-hybridized carbons (Fsp3) is 0.300.